The van der Waals surface area contributed by atoms with Crippen molar-refractivity contribution in [3.63, 3.8) is 0 Å². The lowest BCUT2D eigenvalue weighted by atomic mass is 10.0. The third kappa shape index (κ3) is 5.51. The molecule has 0 saturated carbocycles. The Hall–Kier alpha value is -2.59. The van der Waals surface area contributed by atoms with Crippen molar-refractivity contribution in [1.29, 1.82) is 0 Å². The van der Waals surface area contributed by atoms with E-state index in [0.29, 0.717) is 30.0 Å². The van der Waals surface area contributed by atoms with Gasteiger partial charge in [-0.1, -0.05) is 24.8 Å². The second-order valence-corrected chi connectivity index (χ2v) is 8.85. The summed E-state index contributed by atoms with van der Waals surface area (Å²) < 4.78 is 11.4. The van der Waals surface area contributed by atoms with Gasteiger partial charge in [0, 0.05) is 29.5 Å². The Morgan fingerprint density at radius 1 is 1.30 bits per heavy atom. The molecule has 2 heterocycles. The van der Waals surface area contributed by atoms with Crippen LogP contribution < -0.4 is 10.3 Å². The number of hydrogen-bond donors (Lipinski definition) is 2. The molecule has 0 aliphatic heterocycles. The van der Waals surface area contributed by atoms with Gasteiger partial charge in [-0.05, 0) is 55.8 Å². The SMILES string of the molecule is COCCC(C)COc1c(-c2cccs2)c(=O)[nH]c2ccc(C#CC(C)(C)O)cc12. The van der Waals surface area contributed by atoms with Crippen LogP contribution in [0, 0.1) is 17.8 Å². The van der Waals surface area contributed by atoms with Gasteiger partial charge in [0.05, 0.1) is 17.7 Å². The number of fused-ring (bicyclic) bond motifs is 1. The maximum absolute atomic E-state index is 12.9. The number of pyridine rings is 1. The first kappa shape index (κ1) is 22.1. The second-order valence-electron chi connectivity index (χ2n) is 7.90. The van der Waals surface area contributed by atoms with Crippen molar-refractivity contribution < 1.29 is 14.6 Å². The van der Waals surface area contributed by atoms with E-state index in [0.717, 1.165) is 22.2 Å². The fourth-order valence-electron chi connectivity index (χ4n) is 2.99. The molecule has 0 bridgehead atoms. The summed E-state index contributed by atoms with van der Waals surface area (Å²) in [6.45, 7) is 6.52. The summed E-state index contributed by atoms with van der Waals surface area (Å²) in [5.41, 5.74) is 0.696. The predicted molar refractivity (Wildman–Crippen MR) is 122 cm³/mol. The van der Waals surface area contributed by atoms with E-state index >= 15 is 0 Å². The summed E-state index contributed by atoms with van der Waals surface area (Å²) in [4.78, 5) is 16.7. The fraction of sp³-hybridized carbons (Fsp3) is 0.375. The van der Waals surface area contributed by atoms with Gasteiger partial charge >= 0.3 is 0 Å². The normalized spacial score (nSPS) is 12.4. The van der Waals surface area contributed by atoms with Crippen LogP contribution in [-0.2, 0) is 4.74 Å². The quantitative estimate of drug-likeness (QED) is 0.550. The zero-order valence-electron chi connectivity index (χ0n) is 17.7. The van der Waals surface area contributed by atoms with Gasteiger partial charge in [-0.2, -0.15) is 0 Å². The van der Waals surface area contributed by atoms with Gasteiger partial charge in [-0.25, -0.2) is 0 Å². The Morgan fingerprint density at radius 2 is 2.10 bits per heavy atom. The molecule has 0 saturated heterocycles. The summed E-state index contributed by atoms with van der Waals surface area (Å²) in [6, 6.07) is 9.38. The maximum Gasteiger partial charge on any atom is 0.260 e. The number of aromatic amines is 1. The topological polar surface area (TPSA) is 71.5 Å². The Balaban J connectivity index is 2.11. The lowest BCUT2D eigenvalue weighted by Crippen LogP contribution is -2.16. The number of aromatic nitrogens is 1. The minimum atomic E-state index is -1.09. The minimum Gasteiger partial charge on any atom is -0.492 e. The summed E-state index contributed by atoms with van der Waals surface area (Å²) >= 11 is 1.50. The number of H-pyrrole nitrogens is 1. The molecule has 0 spiro atoms. The predicted octanol–water partition coefficient (Wildman–Crippen LogP) is 4.43. The number of benzene rings is 1. The smallest absolute Gasteiger partial charge is 0.260 e. The van der Waals surface area contributed by atoms with Crippen molar-refractivity contribution in [2.75, 3.05) is 20.3 Å². The largest absolute Gasteiger partial charge is 0.492 e. The van der Waals surface area contributed by atoms with Gasteiger partial charge in [0.1, 0.15) is 11.4 Å². The molecule has 2 aromatic heterocycles. The Kier molecular flexibility index (Phi) is 6.99. The minimum absolute atomic E-state index is 0.181. The van der Waals surface area contributed by atoms with E-state index in [2.05, 4.69) is 23.7 Å². The highest BCUT2D eigenvalue weighted by molar-refractivity contribution is 7.13. The molecule has 6 heteroatoms. The van der Waals surface area contributed by atoms with Gasteiger partial charge in [-0.3, -0.25) is 4.79 Å². The molecule has 2 N–H and O–H groups in total. The van der Waals surface area contributed by atoms with E-state index in [9.17, 15) is 9.90 Å². The zero-order chi connectivity index (χ0) is 21.7. The van der Waals surface area contributed by atoms with E-state index in [4.69, 9.17) is 9.47 Å². The third-order valence-electron chi connectivity index (χ3n) is 4.57. The molecule has 1 atom stereocenters. The summed E-state index contributed by atoms with van der Waals surface area (Å²) in [6.07, 6.45) is 0.869. The van der Waals surface area contributed by atoms with Crippen LogP contribution in [0.4, 0.5) is 0 Å². The monoisotopic (exact) mass is 425 g/mol. The summed E-state index contributed by atoms with van der Waals surface area (Å²) in [5, 5.41) is 12.6. The van der Waals surface area contributed by atoms with Crippen LogP contribution in [-0.4, -0.2) is 36.0 Å². The van der Waals surface area contributed by atoms with Gasteiger partial charge in [0.25, 0.3) is 5.56 Å². The molecule has 0 fully saturated rings. The molecule has 3 aromatic rings. The molecule has 3 rings (SSSR count). The van der Waals surface area contributed by atoms with Crippen LogP contribution in [0.15, 0.2) is 40.5 Å². The molecular weight excluding hydrogens is 398 g/mol. The molecule has 0 aliphatic carbocycles. The van der Waals surface area contributed by atoms with Gasteiger partial charge in [0.15, 0.2) is 0 Å². The highest BCUT2D eigenvalue weighted by Gasteiger charge is 2.18. The molecule has 30 heavy (non-hydrogen) atoms. The number of ether oxygens (including phenoxy) is 2. The fourth-order valence-corrected chi connectivity index (χ4v) is 3.75. The number of hydrogen-bond acceptors (Lipinski definition) is 5. The standard InChI is InChI=1S/C24H27NO4S/c1-16(10-12-28-4)15-29-22-18-14-17(9-11-24(2,3)27)7-8-19(18)25-23(26)21(22)20-6-5-13-30-20/h5-8,13-14,16,27H,10,12,15H2,1-4H3,(H,25,26). The second kappa shape index (κ2) is 9.48. The highest BCUT2D eigenvalue weighted by atomic mass is 32.1. The van der Waals surface area contributed by atoms with E-state index in [1.54, 1.807) is 21.0 Å². The zero-order valence-corrected chi connectivity index (χ0v) is 18.6. The van der Waals surface area contributed by atoms with Crippen LogP contribution in [0.5, 0.6) is 5.75 Å². The van der Waals surface area contributed by atoms with Gasteiger partial charge in [-0.15, -0.1) is 11.3 Å². The number of methoxy groups -OCH3 is 1. The van der Waals surface area contributed by atoms with Crippen molar-refractivity contribution in [2.24, 2.45) is 5.92 Å². The first-order valence-corrected chi connectivity index (χ1v) is 10.8. The maximum atomic E-state index is 12.9. The van der Waals surface area contributed by atoms with Crippen molar-refractivity contribution in [3.8, 4) is 28.0 Å². The highest BCUT2D eigenvalue weighted by Crippen LogP contribution is 2.36. The average Bonchev–Trinajstić information content (AvgIpc) is 3.22. The molecule has 1 aromatic carbocycles. The van der Waals surface area contributed by atoms with Crippen LogP contribution in [0.25, 0.3) is 21.3 Å². The van der Waals surface area contributed by atoms with Crippen molar-refractivity contribution in [2.45, 2.75) is 32.8 Å². The number of thiophene rings is 1. The number of nitrogens with one attached hydrogen (secondary N) is 1. The van der Waals surface area contributed by atoms with E-state index < -0.39 is 5.60 Å². The molecule has 1 unspecified atom stereocenters. The van der Waals surface area contributed by atoms with E-state index in [-0.39, 0.29) is 11.5 Å². The van der Waals surface area contributed by atoms with E-state index in [1.807, 2.05) is 35.7 Å². The van der Waals surface area contributed by atoms with Crippen LogP contribution in [0.3, 0.4) is 0 Å². The molecule has 5 nitrogen and oxygen atoms in total. The number of rotatable bonds is 7. The van der Waals surface area contributed by atoms with Crippen molar-refractivity contribution >= 4 is 22.2 Å². The lowest BCUT2D eigenvalue weighted by Gasteiger charge is -2.17. The first-order chi connectivity index (χ1) is 14.3. The van der Waals surface area contributed by atoms with Crippen LogP contribution in [0.1, 0.15) is 32.8 Å². The summed E-state index contributed by atoms with van der Waals surface area (Å²) in [5.74, 6) is 6.67. The number of aliphatic hydroxyl groups is 1. The third-order valence-corrected chi connectivity index (χ3v) is 5.46. The van der Waals surface area contributed by atoms with Gasteiger partial charge in [0.2, 0.25) is 0 Å². The van der Waals surface area contributed by atoms with Gasteiger partial charge < -0.3 is 19.6 Å². The molecule has 0 aliphatic rings. The van der Waals surface area contributed by atoms with E-state index in [1.165, 1.54) is 11.3 Å². The van der Waals surface area contributed by atoms with Crippen molar-refractivity contribution in [1.82, 2.24) is 4.98 Å². The van der Waals surface area contributed by atoms with Crippen LogP contribution >= 0.6 is 11.3 Å². The summed E-state index contributed by atoms with van der Waals surface area (Å²) in [7, 11) is 1.68. The molecular formula is C24H27NO4S. The Morgan fingerprint density at radius 3 is 2.77 bits per heavy atom. The molecule has 0 radical (unpaired) electrons. The molecule has 0 amide bonds. The lowest BCUT2D eigenvalue weighted by molar-refractivity contribution is 0.143. The van der Waals surface area contributed by atoms with Crippen molar-refractivity contribution in [3.05, 3.63) is 51.6 Å². The average molecular weight is 426 g/mol. The Bertz CT molecular complexity index is 1110. The first-order valence-electron chi connectivity index (χ1n) is 9.89. The Labute approximate surface area is 180 Å². The molecule has 158 valence electrons. The van der Waals surface area contributed by atoms with Crippen LogP contribution in [0.2, 0.25) is 0 Å².